The van der Waals surface area contributed by atoms with Gasteiger partial charge in [0.1, 0.15) is 11.5 Å². The molecule has 2 rings (SSSR count). The van der Waals surface area contributed by atoms with Gasteiger partial charge in [0.2, 0.25) is 5.78 Å². The molecule has 0 heterocycles. The summed E-state index contributed by atoms with van der Waals surface area (Å²) in [4.78, 5) is 38.4. The highest BCUT2D eigenvalue weighted by Gasteiger charge is 2.50. The SMILES string of the molecule is C=CC(=O)OC(C)(Cc1ccc(OC)cc1)C(=O)C(C)(Cc1ccc(OC)cc1)OC(=O)C=C. The van der Waals surface area contributed by atoms with Crippen molar-refractivity contribution in [1.29, 1.82) is 0 Å². The second kappa shape index (κ2) is 11.3. The normalized spacial score (nSPS) is 14.0. The number of carbonyl (C=O) groups excluding carboxylic acids is 3. The standard InChI is InChI=1S/C27H30O7/c1-7-23(28)33-26(3,17-19-9-13-21(31-5)14-10-19)25(30)27(4,34-24(29)8-2)18-20-11-15-22(32-6)16-12-20/h7-16H,1-2,17-18H2,3-6H3. The van der Waals surface area contributed by atoms with Crippen LogP contribution in [0.4, 0.5) is 0 Å². The van der Waals surface area contributed by atoms with Crippen molar-refractivity contribution < 1.29 is 33.3 Å². The molecule has 0 aliphatic rings. The smallest absolute Gasteiger partial charge is 0.331 e. The lowest BCUT2D eigenvalue weighted by molar-refractivity contribution is -0.178. The molecule has 0 saturated heterocycles. The van der Waals surface area contributed by atoms with E-state index in [0.717, 1.165) is 23.3 Å². The van der Waals surface area contributed by atoms with Crippen molar-refractivity contribution in [2.24, 2.45) is 0 Å². The summed E-state index contributed by atoms with van der Waals surface area (Å²) >= 11 is 0. The molecule has 7 nitrogen and oxygen atoms in total. The minimum absolute atomic E-state index is 0.0409. The molecular weight excluding hydrogens is 436 g/mol. The predicted molar refractivity (Wildman–Crippen MR) is 128 cm³/mol. The fourth-order valence-corrected chi connectivity index (χ4v) is 3.68. The average molecular weight is 467 g/mol. The molecule has 2 unspecified atom stereocenters. The number of ketones is 1. The van der Waals surface area contributed by atoms with E-state index in [-0.39, 0.29) is 12.8 Å². The van der Waals surface area contributed by atoms with Crippen molar-refractivity contribution in [1.82, 2.24) is 0 Å². The van der Waals surface area contributed by atoms with Gasteiger partial charge in [-0.2, -0.15) is 0 Å². The lowest BCUT2D eigenvalue weighted by atomic mass is 9.80. The van der Waals surface area contributed by atoms with E-state index in [4.69, 9.17) is 18.9 Å². The molecule has 0 aliphatic heterocycles. The summed E-state index contributed by atoms with van der Waals surface area (Å²) in [6.07, 6.45) is 2.05. The summed E-state index contributed by atoms with van der Waals surface area (Å²) in [6, 6.07) is 14.0. The van der Waals surface area contributed by atoms with Crippen LogP contribution in [0, 0.1) is 0 Å². The molecule has 7 heteroatoms. The zero-order valence-corrected chi connectivity index (χ0v) is 20.0. The first-order chi connectivity index (χ1) is 16.1. The number of rotatable bonds is 12. The van der Waals surface area contributed by atoms with E-state index >= 15 is 0 Å². The van der Waals surface area contributed by atoms with Crippen LogP contribution in [-0.4, -0.2) is 43.1 Å². The van der Waals surface area contributed by atoms with Crippen LogP contribution in [0.2, 0.25) is 0 Å². The van der Waals surface area contributed by atoms with Crippen LogP contribution in [-0.2, 0) is 36.7 Å². The van der Waals surface area contributed by atoms with E-state index in [1.807, 2.05) is 0 Å². The molecule has 0 aromatic heterocycles. The Balaban J connectivity index is 2.49. The molecule has 34 heavy (non-hydrogen) atoms. The van der Waals surface area contributed by atoms with Gasteiger partial charge in [-0.1, -0.05) is 37.4 Å². The molecule has 0 saturated carbocycles. The number of Topliss-reactive ketones (excluding diaryl/α,β-unsaturated/α-hetero) is 1. The van der Waals surface area contributed by atoms with Crippen LogP contribution in [0.3, 0.4) is 0 Å². The first-order valence-corrected chi connectivity index (χ1v) is 10.6. The van der Waals surface area contributed by atoms with Gasteiger partial charge in [-0.15, -0.1) is 0 Å². The minimum atomic E-state index is -1.66. The van der Waals surface area contributed by atoms with Gasteiger partial charge in [-0.3, -0.25) is 4.79 Å². The fraction of sp³-hybridized carbons (Fsp3) is 0.296. The largest absolute Gasteiger partial charge is 0.497 e. The Hall–Kier alpha value is -3.87. The van der Waals surface area contributed by atoms with Crippen LogP contribution >= 0.6 is 0 Å². The van der Waals surface area contributed by atoms with Crippen LogP contribution < -0.4 is 9.47 Å². The second-order valence-corrected chi connectivity index (χ2v) is 8.09. The van der Waals surface area contributed by atoms with Gasteiger partial charge in [-0.05, 0) is 49.2 Å². The molecule has 2 aromatic carbocycles. The molecule has 2 aromatic rings. The fourth-order valence-electron chi connectivity index (χ4n) is 3.68. The zero-order valence-electron chi connectivity index (χ0n) is 20.0. The lowest BCUT2D eigenvalue weighted by Crippen LogP contribution is -2.56. The molecule has 0 N–H and O–H groups in total. The summed E-state index contributed by atoms with van der Waals surface area (Å²) in [5, 5.41) is 0. The minimum Gasteiger partial charge on any atom is -0.497 e. The quantitative estimate of drug-likeness (QED) is 0.345. The van der Waals surface area contributed by atoms with E-state index in [9.17, 15) is 14.4 Å². The van der Waals surface area contributed by atoms with E-state index in [2.05, 4.69) is 13.2 Å². The van der Waals surface area contributed by atoms with Crippen LogP contribution in [0.15, 0.2) is 73.8 Å². The zero-order chi connectivity index (χ0) is 25.4. The van der Waals surface area contributed by atoms with Gasteiger partial charge < -0.3 is 18.9 Å². The Morgan fingerprint density at radius 2 is 1.03 bits per heavy atom. The first-order valence-electron chi connectivity index (χ1n) is 10.6. The number of carbonyl (C=O) groups is 3. The summed E-state index contributed by atoms with van der Waals surface area (Å²) in [7, 11) is 3.10. The third-order valence-electron chi connectivity index (χ3n) is 5.35. The highest BCUT2D eigenvalue weighted by atomic mass is 16.6. The van der Waals surface area contributed by atoms with Gasteiger partial charge in [0, 0.05) is 25.0 Å². The van der Waals surface area contributed by atoms with Crippen LogP contribution in [0.5, 0.6) is 11.5 Å². The summed E-state index contributed by atoms with van der Waals surface area (Å²) in [5.74, 6) is -0.845. The molecule has 0 radical (unpaired) electrons. The number of ether oxygens (including phenoxy) is 4. The van der Waals surface area contributed by atoms with Crippen molar-refractivity contribution in [3.63, 3.8) is 0 Å². The van der Waals surface area contributed by atoms with Gasteiger partial charge in [0.15, 0.2) is 11.2 Å². The van der Waals surface area contributed by atoms with Gasteiger partial charge in [0.05, 0.1) is 14.2 Å². The third-order valence-corrected chi connectivity index (χ3v) is 5.35. The number of benzene rings is 2. The number of esters is 2. The maximum atomic E-state index is 14.0. The number of hydrogen-bond donors (Lipinski definition) is 0. The van der Waals surface area contributed by atoms with Crippen molar-refractivity contribution in [3.05, 3.63) is 85.0 Å². The molecule has 180 valence electrons. The Morgan fingerprint density at radius 3 is 1.29 bits per heavy atom. The molecule has 0 aliphatic carbocycles. The third kappa shape index (κ3) is 6.57. The van der Waals surface area contributed by atoms with Gasteiger partial charge >= 0.3 is 11.9 Å². The summed E-state index contributed by atoms with van der Waals surface area (Å²) < 4.78 is 21.5. The van der Waals surface area contributed by atoms with Crippen molar-refractivity contribution in [2.75, 3.05) is 14.2 Å². The van der Waals surface area contributed by atoms with E-state index in [0.29, 0.717) is 11.5 Å². The average Bonchev–Trinajstić information content (AvgIpc) is 2.84. The molecule has 0 fully saturated rings. The predicted octanol–water partition coefficient (Wildman–Crippen LogP) is 4.03. The molecule has 0 bridgehead atoms. The molecule has 0 spiro atoms. The van der Waals surface area contributed by atoms with E-state index < -0.39 is 28.9 Å². The van der Waals surface area contributed by atoms with Gasteiger partial charge in [-0.25, -0.2) is 9.59 Å². The Morgan fingerprint density at radius 1 is 0.706 bits per heavy atom. The topological polar surface area (TPSA) is 88.1 Å². The lowest BCUT2D eigenvalue weighted by Gasteiger charge is -2.37. The Bertz CT molecular complexity index is 956. The molecule has 0 amide bonds. The van der Waals surface area contributed by atoms with Crippen LogP contribution in [0.25, 0.3) is 0 Å². The molecule has 2 atom stereocenters. The van der Waals surface area contributed by atoms with Crippen molar-refractivity contribution in [3.8, 4) is 11.5 Å². The highest BCUT2D eigenvalue weighted by molar-refractivity contribution is 5.99. The first kappa shape index (κ1) is 26.4. The monoisotopic (exact) mass is 466 g/mol. The summed E-state index contributed by atoms with van der Waals surface area (Å²) in [6.45, 7) is 9.85. The Labute approximate surface area is 200 Å². The maximum absolute atomic E-state index is 14.0. The highest BCUT2D eigenvalue weighted by Crippen LogP contribution is 2.31. The van der Waals surface area contributed by atoms with Gasteiger partial charge in [0.25, 0.3) is 0 Å². The van der Waals surface area contributed by atoms with Crippen molar-refractivity contribution in [2.45, 2.75) is 37.9 Å². The maximum Gasteiger partial charge on any atom is 0.331 e. The van der Waals surface area contributed by atoms with E-state index in [1.54, 1.807) is 62.8 Å². The van der Waals surface area contributed by atoms with Crippen LogP contribution in [0.1, 0.15) is 25.0 Å². The second-order valence-electron chi connectivity index (χ2n) is 8.09. The molecular formula is C27H30O7. The Kier molecular flexibility index (Phi) is 8.78. The summed E-state index contributed by atoms with van der Waals surface area (Å²) in [5.41, 5.74) is -1.89. The number of hydrogen-bond acceptors (Lipinski definition) is 7. The van der Waals surface area contributed by atoms with E-state index in [1.165, 1.54) is 13.8 Å². The number of methoxy groups -OCH3 is 2. The van der Waals surface area contributed by atoms with Crippen molar-refractivity contribution >= 4 is 17.7 Å².